The molecule has 0 spiro atoms. The fourth-order valence-corrected chi connectivity index (χ4v) is 2.74. The summed E-state index contributed by atoms with van der Waals surface area (Å²) in [5, 5.41) is 3.10. The zero-order chi connectivity index (χ0) is 8.55. The first kappa shape index (κ1) is 8.42. The van der Waals surface area contributed by atoms with Gasteiger partial charge in [0.2, 0.25) is 5.91 Å². The Balaban J connectivity index is 1.72. The topological polar surface area (TPSA) is 29.1 Å². The van der Waals surface area contributed by atoms with Crippen LogP contribution in [0.15, 0.2) is 0 Å². The molecule has 2 fully saturated rings. The van der Waals surface area contributed by atoms with Crippen molar-refractivity contribution in [3.8, 4) is 0 Å². The number of carbonyl (C=O) groups excluding carboxylic acids is 1. The molecule has 68 valence electrons. The predicted molar refractivity (Wildman–Crippen MR) is 51.1 cm³/mol. The van der Waals surface area contributed by atoms with Gasteiger partial charge in [-0.25, -0.2) is 0 Å². The van der Waals surface area contributed by atoms with Gasteiger partial charge in [-0.2, -0.15) is 11.8 Å². The summed E-state index contributed by atoms with van der Waals surface area (Å²) in [6.45, 7) is 0. The molecular formula is C9H15NOS. The van der Waals surface area contributed by atoms with Crippen molar-refractivity contribution in [2.24, 2.45) is 11.8 Å². The summed E-state index contributed by atoms with van der Waals surface area (Å²) in [6.07, 6.45) is 6.03. The largest absolute Gasteiger partial charge is 0.352 e. The van der Waals surface area contributed by atoms with Crippen LogP contribution in [-0.2, 0) is 4.79 Å². The number of hydrogen-bond acceptors (Lipinski definition) is 2. The molecule has 12 heavy (non-hydrogen) atoms. The highest BCUT2D eigenvalue weighted by Crippen LogP contribution is 2.51. The SMILES string of the molecule is CSCC(=O)NC1C2CCCC21. The van der Waals surface area contributed by atoms with E-state index in [-0.39, 0.29) is 5.91 Å². The first-order valence-electron chi connectivity index (χ1n) is 4.61. The maximum Gasteiger partial charge on any atom is 0.230 e. The van der Waals surface area contributed by atoms with E-state index in [1.807, 2.05) is 6.26 Å². The lowest BCUT2D eigenvalue weighted by Crippen LogP contribution is -2.29. The van der Waals surface area contributed by atoms with E-state index in [0.29, 0.717) is 11.8 Å². The van der Waals surface area contributed by atoms with E-state index in [1.54, 1.807) is 11.8 Å². The highest BCUT2D eigenvalue weighted by Gasteiger charge is 2.53. The number of rotatable bonds is 3. The van der Waals surface area contributed by atoms with Crippen molar-refractivity contribution in [1.82, 2.24) is 5.32 Å². The van der Waals surface area contributed by atoms with Gasteiger partial charge in [0, 0.05) is 6.04 Å². The molecule has 2 aliphatic rings. The highest BCUT2D eigenvalue weighted by atomic mass is 32.2. The summed E-state index contributed by atoms with van der Waals surface area (Å²) >= 11 is 1.60. The predicted octanol–water partition coefficient (Wildman–Crippen LogP) is 1.26. The fraction of sp³-hybridized carbons (Fsp3) is 0.889. The van der Waals surface area contributed by atoms with Crippen LogP contribution in [0.3, 0.4) is 0 Å². The number of fused-ring (bicyclic) bond motifs is 1. The number of thioether (sulfide) groups is 1. The molecule has 0 radical (unpaired) electrons. The average Bonchev–Trinajstić information content (AvgIpc) is 2.51. The van der Waals surface area contributed by atoms with Gasteiger partial charge in [0.25, 0.3) is 0 Å². The minimum atomic E-state index is 0.224. The van der Waals surface area contributed by atoms with E-state index in [0.717, 1.165) is 11.8 Å². The summed E-state index contributed by atoms with van der Waals surface area (Å²) in [5.41, 5.74) is 0. The first-order chi connectivity index (χ1) is 5.83. The Morgan fingerprint density at radius 3 is 2.75 bits per heavy atom. The van der Waals surface area contributed by atoms with Gasteiger partial charge in [0.1, 0.15) is 0 Å². The van der Waals surface area contributed by atoms with Crippen LogP contribution in [0.2, 0.25) is 0 Å². The second-order valence-corrected chi connectivity index (χ2v) is 4.65. The second kappa shape index (κ2) is 3.29. The fourth-order valence-electron chi connectivity index (χ4n) is 2.39. The molecule has 0 aromatic heterocycles. The van der Waals surface area contributed by atoms with Gasteiger partial charge in [-0.15, -0.1) is 0 Å². The number of nitrogens with one attached hydrogen (secondary N) is 1. The molecule has 2 saturated carbocycles. The molecule has 2 unspecified atom stereocenters. The Morgan fingerprint density at radius 1 is 1.50 bits per heavy atom. The summed E-state index contributed by atoms with van der Waals surface area (Å²) in [4.78, 5) is 11.2. The minimum Gasteiger partial charge on any atom is -0.352 e. The van der Waals surface area contributed by atoms with Crippen molar-refractivity contribution in [1.29, 1.82) is 0 Å². The molecular weight excluding hydrogens is 170 g/mol. The van der Waals surface area contributed by atoms with Gasteiger partial charge in [-0.1, -0.05) is 6.42 Å². The molecule has 0 aliphatic heterocycles. The van der Waals surface area contributed by atoms with Crippen molar-refractivity contribution >= 4 is 17.7 Å². The Bertz CT molecular complexity index is 185. The molecule has 0 heterocycles. The van der Waals surface area contributed by atoms with Crippen LogP contribution in [0, 0.1) is 11.8 Å². The van der Waals surface area contributed by atoms with Gasteiger partial charge >= 0.3 is 0 Å². The van der Waals surface area contributed by atoms with Gasteiger partial charge < -0.3 is 5.32 Å². The normalized spacial score (nSPS) is 37.6. The summed E-state index contributed by atoms with van der Waals surface area (Å²) in [6, 6.07) is 0.554. The van der Waals surface area contributed by atoms with E-state index in [1.165, 1.54) is 19.3 Å². The number of carbonyl (C=O) groups is 1. The van der Waals surface area contributed by atoms with Crippen LogP contribution in [0.4, 0.5) is 0 Å². The monoisotopic (exact) mass is 185 g/mol. The van der Waals surface area contributed by atoms with E-state index in [9.17, 15) is 4.79 Å². The maximum absolute atomic E-state index is 11.2. The van der Waals surface area contributed by atoms with Crippen LogP contribution in [0.25, 0.3) is 0 Å². The molecule has 2 nitrogen and oxygen atoms in total. The molecule has 0 saturated heterocycles. The van der Waals surface area contributed by atoms with Gasteiger partial charge in [0.05, 0.1) is 5.75 Å². The Kier molecular flexibility index (Phi) is 2.31. The molecule has 3 heteroatoms. The molecule has 2 aliphatic carbocycles. The summed E-state index contributed by atoms with van der Waals surface area (Å²) in [5.74, 6) is 2.53. The first-order valence-corrected chi connectivity index (χ1v) is 6.00. The Labute approximate surface area is 77.5 Å². The molecule has 0 bridgehead atoms. The molecule has 1 amide bonds. The van der Waals surface area contributed by atoms with Crippen LogP contribution >= 0.6 is 11.8 Å². The quantitative estimate of drug-likeness (QED) is 0.717. The van der Waals surface area contributed by atoms with Crippen LogP contribution in [-0.4, -0.2) is 24.0 Å². The maximum atomic E-state index is 11.2. The third-order valence-electron chi connectivity index (χ3n) is 3.01. The number of amides is 1. The summed E-state index contributed by atoms with van der Waals surface area (Å²) in [7, 11) is 0. The zero-order valence-electron chi connectivity index (χ0n) is 7.38. The molecule has 0 aromatic carbocycles. The summed E-state index contributed by atoms with van der Waals surface area (Å²) < 4.78 is 0. The van der Waals surface area contributed by atoms with Gasteiger partial charge in [-0.3, -0.25) is 4.79 Å². The molecule has 2 atom stereocenters. The lowest BCUT2D eigenvalue weighted by molar-refractivity contribution is -0.118. The van der Waals surface area contributed by atoms with Crippen molar-refractivity contribution in [2.75, 3.05) is 12.0 Å². The van der Waals surface area contributed by atoms with E-state index >= 15 is 0 Å². The van der Waals surface area contributed by atoms with E-state index in [2.05, 4.69) is 5.32 Å². The minimum absolute atomic E-state index is 0.224. The third-order valence-corrected chi connectivity index (χ3v) is 3.56. The van der Waals surface area contributed by atoms with Crippen molar-refractivity contribution in [3.63, 3.8) is 0 Å². The number of hydrogen-bond donors (Lipinski definition) is 1. The van der Waals surface area contributed by atoms with E-state index in [4.69, 9.17) is 0 Å². The van der Waals surface area contributed by atoms with Crippen LogP contribution < -0.4 is 5.32 Å². The Morgan fingerprint density at radius 2 is 2.17 bits per heavy atom. The van der Waals surface area contributed by atoms with Crippen LogP contribution in [0.1, 0.15) is 19.3 Å². The highest BCUT2D eigenvalue weighted by molar-refractivity contribution is 7.99. The van der Waals surface area contributed by atoms with Gasteiger partial charge in [0.15, 0.2) is 0 Å². The van der Waals surface area contributed by atoms with Crippen molar-refractivity contribution in [3.05, 3.63) is 0 Å². The van der Waals surface area contributed by atoms with Crippen molar-refractivity contribution < 1.29 is 4.79 Å². The average molecular weight is 185 g/mol. The third kappa shape index (κ3) is 1.47. The second-order valence-electron chi connectivity index (χ2n) is 3.78. The van der Waals surface area contributed by atoms with Crippen LogP contribution in [0.5, 0.6) is 0 Å². The van der Waals surface area contributed by atoms with Crippen molar-refractivity contribution in [2.45, 2.75) is 25.3 Å². The van der Waals surface area contributed by atoms with Gasteiger partial charge in [-0.05, 0) is 30.9 Å². The lowest BCUT2D eigenvalue weighted by Gasteiger charge is -2.05. The zero-order valence-corrected chi connectivity index (χ0v) is 8.19. The smallest absolute Gasteiger partial charge is 0.230 e. The lowest BCUT2D eigenvalue weighted by atomic mass is 10.2. The molecule has 2 rings (SSSR count). The molecule has 1 N–H and O–H groups in total. The standard InChI is InChI=1S/C9H15NOS/c1-12-5-8(11)10-9-6-3-2-4-7(6)9/h6-7,9H,2-5H2,1H3,(H,10,11). The van der Waals surface area contributed by atoms with E-state index < -0.39 is 0 Å². The Hall–Kier alpha value is -0.180. The molecule has 0 aromatic rings.